The molecule has 0 fully saturated rings. The molecule has 8 heteroatoms. The minimum absolute atomic E-state index is 0.134. The van der Waals surface area contributed by atoms with E-state index in [1.807, 2.05) is 24.4 Å². The molecule has 1 atom stereocenters. The van der Waals surface area contributed by atoms with Crippen LogP contribution in [0.4, 0.5) is 10.1 Å². The van der Waals surface area contributed by atoms with Crippen molar-refractivity contribution in [1.82, 2.24) is 15.1 Å². The van der Waals surface area contributed by atoms with Crippen LogP contribution in [0.3, 0.4) is 0 Å². The molecule has 1 amide bonds. The molecule has 0 radical (unpaired) electrons. The van der Waals surface area contributed by atoms with Crippen LogP contribution in [0.1, 0.15) is 18.9 Å². The van der Waals surface area contributed by atoms with E-state index in [4.69, 9.17) is 4.42 Å². The highest BCUT2D eigenvalue weighted by molar-refractivity contribution is 7.13. The predicted octanol–water partition coefficient (Wildman–Crippen LogP) is 3.57. The number of anilines is 1. The maximum absolute atomic E-state index is 12.9. The van der Waals surface area contributed by atoms with Gasteiger partial charge in [0.05, 0.1) is 17.5 Å². The zero-order valence-corrected chi connectivity index (χ0v) is 14.6. The summed E-state index contributed by atoms with van der Waals surface area (Å²) >= 11 is 1.52. The van der Waals surface area contributed by atoms with E-state index in [9.17, 15) is 9.18 Å². The van der Waals surface area contributed by atoms with E-state index in [0.717, 1.165) is 4.88 Å². The molecule has 3 aromatic rings. The molecule has 2 aromatic heterocycles. The number of likely N-dealkylation sites (N-methyl/N-ethyl adjacent to an activating group) is 1. The Labute approximate surface area is 148 Å². The number of hydrogen-bond donors (Lipinski definition) is 1. The van der Waals surface area contributed by atoms with E-state index in [2.05, 4.69) is 15.5 Å². The van der Waals surface area contributed by atoms with E-state index >= 15 is 0 Å². The third-order valence-electron chi connectivity index (χ3n) is 3.71. The maximum atomic E-state index is 12.9. The molecule has 0 aliphatic heterocycles. The molecular formula is C17H17FN4O2S. The number of nitrogens with zero attached hydrogens (tertiary/aromatic N) is 3. The van der Waals surface area contributed by atoms with Gasteiger partial charge in [-0.15, -0.1) is 21.5 Å². The molecule has 2 heterocycles. The smallest absolute Gasteiger partial charge is 0.257 e. The SMILES string of the molecule is C[C@@H](c1nnc(-c2cccs2)o1)N(C)CC(=O)Nc1ccc(F)cc1. The van der Waals surface area contributed by atoms with Gasteiger partial charge in [0, 0.05) is 5.69 Å². The van der Waals surface area contributed by atoms with Gasteiger partial charge < -0.3 is 9.73 Å². The lowest BCUT2D eigenvalue weighted by Gasteiger charge is -2.21. The Hall–Kier alpha value is -2.58. The second-order valence-electron chi connectivity index (χ2n) is 5.57. The lowest BCUT2D eigenvalue weighted by Crippen LogP contribution is -2.32. The molecule has 6 nitrogen and oxygen atoms in total. The molecular weight excluding hydrogens is 343 g/mol. The predicted molar refractivity (Wildman–Crippen MR) is 93.7 cm³/mol. The Balaban J connectivity index is 1.59. The summed E-state index contributed by atoms with van der Waals surface area (Å²) in [4.78, 5) is 14.8. The summed E-state index contributed by atoms with van der Waals surface area (Å²) < 4.78 is 18.6. The minimum atomic E-state index is -0.346. The van der Waals surface area contributed by atoms with Crippen molar-refractivity contribution in [3.05, 3.63) is 53.5 Å². The molecule has 0 spiro atoms. The number of benzene rings is 1. The number of thiophene rings is 1. The van der Waals surface area contributed by atoms with Crippen molar-refractivity contribution in [2.24, 2.45) is 0 Å². The van der Waals surface area contributed by atoms with Crippen LogP contribution in [-0.2, 0) is 4.79 Å². The number of rotatable bonds is 6. The average molecular weight is 360 g/mol. The zero-order chi connectivity index (χ0) is 17.8. The number of nitrogens with one attached hydrogen (secondary N) is 1. The van der Waals surface area contributed by atoms with Crippen molar-refractivity contribution in [3.63, 3.8) is 0 Å². The summed E-state index contributed by atoms with van der Waals surface area (Å²) in [6.07, 6.45) is 0. The van der Waals surface area contributed by atoms with Crippen molar-refractivity contribution < 1.29 is 13.6 Å². The summed E-state index contributed by atoms with van der Waals surface area (Å²) in [5.74, 6) is 0.363. The number of carbonyl (C=O) groups is 1. The van der Waals surface area contributed by atoms with E-state index < -0.39 is 0 Å². The van der Waals surface area contributed by atoms with Gasteiger partial charge in [-0.2, -0.15) is 0 Å². The second kappa shape index (κ2) is 7.54. The van der Waals surface area contributed by atoms with Gasteiger partial charge in [-0.1, -0.05) is 6.07 Å². The third kappa shape index (κ3) is 4.28. The molecule has 1 N–H and O–H groups in total. The second-order valence-corrected chi connectivity index (χ2v) is 6.52. The van der Waals surface area contributed by atoms with Crippen molar-refractivity contribution >= 4 is 22.9 Å². The molecule has 1 aromatic carbocycles. The van der Waals surface area contributed by atoms with Crippen LogP contribution in [0.25, 0.3) is 10.8 Å². The first-order valence-corrected chi connectivity index (χ1v) is 8.54. The van der Waals surface area contributed by atoms with Gasteiger partial charge in [-0.05, 0) is 49.7 Å². The fraction of sp³-hybridized carbons (Fsp3) is 0.235. The van der Waals surface area contributed by atoms with E-state index in [-0.39, 0.29) is 24.3 Å². The van der Waals surface area contributed by atoms with Gasteiger partial charge in [0.1, 0.15) is 5.82 Å². The van der Waals surface area contributed by atoms with Crippen molar-refractivity contribution in [2.75, 3.05) is 18.9 Å². The van der Waals surface area contributed by atoms with Crippen LogP contribution in [0.15, 0.2) is 46.2 Å². The topological polar surface area (TPSA) is 71.3 Å². The molecule has 0 bridgehead atoms. The number of carbonyl (C=O) groups excluding carboxylic acids is 1. The number of halogens is 1. The Bertz CT molecular complexity index is 833. The molecule has 130 valence electrons. The van der Waals surface area contributed by atoms with Gasteiger partial charge in [0.2, 0.25) is 11.8 Å². The Morgan fingerprint density at radius 2 is 2.08 bits per heavy atom. The normalized spacial score (nSPS) is 12.3. The number of amides is 1. The molecule has 0 saturated heterocycles. The molecule has 3 rings (SSSR count). The van der Waals surface area contributed by atoms with Crippen LogP contribution >= 0.6 is 11.3 Å². The van der Waals surface area contributed by atoms with Crippen LogP contribution in [0.5, 0.6) is 0 Å². The van der Waals surface area contributed by atoms with E-state index in [1.165, 1.54) is 35.6 Å². The first-order chi connectivity index (χ1) is 12.0. The van der Waals surface area contributed by atoms with Crippen LogP contribution in [0.2, 0.25) is 0 Å². The first kappa shape index (κ1) is 17.2. The van der Waals surface area contributed by atoms with E-state index in [1.54, 1.807) is 11.9 Å². The van der Waals surface area contributed by atoms with Gasteiger partial charge in [0.25, 0.3) is 5.89 Å². The fourth-order valence-electron chi connectivity index (χ4n) is 2.19. The van der Waals surface area contributed by atoms with Crippen molar-refractivity contribution in [3.8, 4) is 10.8 Å². The third-order valence-corrected chi connectivity index (χ3v) is 4.57. The Morgan fingerprint density at radius 1 is 1.32 bits per heavy atom. The Morgan fingerprint density at radius 3 is 2.76 bits per heavy atom. The average Bonchev–Trinajstić information content (AvgIpc) is 3.27. The molecule has 0 aliphatic carbocycles. The van der Waals surface area contributed by atoms with Crippen LogP contribution < -0.4 is 5.32 Å². The maximum Gasteiger partial charge on any atom is 0.257 e. The van der Waals surface area contributed by atoms with Gasteiger partial charge in [0.15, 0.2) is 0 Å². The highest BCUT2D eigenvalue weighted by Crippen LogP contribution is 2.26. The van der Waals surface area contributed by atoms with Crippen molar-refractivity contribution in [1.29, 1.82) is 0 Å². The summed E-state index contributed by atoms with van der Waals surface area (Å²) in [6.45, 7) is 2.02. The van der Waals surface area contributed by atoms with Crippen LogP contribution in [0, 0.1) is 5.82 Å². The summed E-state index contributed by atoms with van der Waals surface area (Å²) in [7, 11) is 1.80. The fourth-order valence-corrected chi connectivity index (χ4v) is 2.83. The summed E-state index contributed by atoms with van der Waals surface area (Å²) in [5.41, 5.74) is 0.547. The molecule has 25 heavy (non-hydrogen) atoms. The lowest BCUT2D eigenvalue weighted by molar-refractivity contribution is -0.117. The minimum Gasteiger partial charge on any atom is -0.418 e. The Kier molecular flexibility index (Phi) is 5.20. The van der Waals surface area contributed by atoms with Gasteiger partial charge in [-0.3, -0.25) is 9.69 Å². The highest BCUT2D eigenvalue weighted by atomic mass is 32.1. The highest BCUT2D eigenvalue weighted by Gasteiger charge is 2.21. The molecule has 0 aliphatic rings. The number of hydrogen-bond acceptors (Lipinski definition) is 6. The standard InChI is InChI=1S/C17H17FN4O2S/c1-11(16-20-21-17(24-16)14-4-3-9-25-14)22(2)10-15(23)19-13-7-5-12(18)6-8-13/h3-9,11H,10H2,1-2H3,(H,19,23)/t11-/m0/s1. The van der Waals surface area contributed by atoms with E-state index in [0.29, 0.717) is 17.5 Å². The van der Waals surface area contributed by atoms with Gasteiger partial charge >= 0.3 is 0 Å². The first-order valence-electron chi connectivity index (χ1n) is 7.66. The van der Waals surface area contributed by atoms with Crippen molar-refractivity contribution in [2.45, 2.75) is 13.0 Å². The quantitative estimate of drug-likeness (QED) is 0.728. The summed E-state index contributed by atoms with van der Waals surface area (Å²) in [6, 6.07) is 9.23. The number of aromatic nitrogens is 2. The lowest BCUT2D eigenvalue weighted by atomic mass is 10.3. The monoisotopic (exact) mass is 360 g/mol. The van der Waals surface area contributed by atoms with Crippen LogP contribution in [-0.4, -0.2) is 34.6 Å². The zero-order valence-electron chi connectivity index (χ0n) is 13.8. The molecule has 0 unspecified atom stereocenters. The largest absolute Gasteiger partial charge is 0.418 e. The van der Waals surface area contributed by atoms with Gasteiger partial charge in [-0.25, -0.2) is 4.39 Å². The molecule has 0 saturated carbocycles. The summed E-state index contributed by atoms with van der Waals surface area (Å²) in [5, 5.41) is 12.8.